The molecule has 148 valence electrons. The van der Waals surface area contributed by atoms with E-state index in [1.54, 1.807) is 18.2 Å². The summed E-state index contributed by atoms with van der Waals surface area (Å²) in [6.45, 7) is 0. The van der Waals surface area contributed by atoms with Gasteiger partial charge in [-0.25, -0.2) is 0 Å². The summed E-state index contributed by atoms with van der Waals surface area (Å²) < 4.78 is -1.03. The lowest BCUT2D eigenvalue weighted by molar-refractivity contribution is -0.384. The lowest BCUT2D eigenvalue weighted by atomic mass is 10.2. The van der Waals surface area contributed by atoms with E-state index in [1.807, 2.05) is 6.07 Å². The Labute approximate surface area is 194 Å². The Bertz CT molecular complexity index is 893. The van der Waals surface area contributed by atoms with Crippen molar-refractivity contribution in [3.05, 3.63) is 67.8 Å². The molecule has 0 saturated carbocycles. The number of alkyl halides is 3. The zero-order valence-corrected chi connectivity index (χ0v) is 19.0. The molecule has 1 atom stereocenters. The average molecular weight is 574 g/mol. The molecule has 2 rings (SSSR count). The molecule has 2 aromatic carbocycles. The van der Waals surface area contributed by atoms with Crippen molar-refractivity contribution in [2.24, 2.45) is 0 Å². The van der Waals surface area contributed by atoms with Gasteiger partial charge in [-0.15, -0.1) is 0 Å². The molecule has 0 radical (unpaired) electrons. The Morgan fingerprint density at radius 1 is 1.14 bits per heavy atom. The number of hydrogen-bond acceptors (Lipinski definition) is 4. The van der Waals surface area contributed by atoms with Crippen LogP contribution in [0, 0.1) is 13.7 Å². The molecule has 1 unspecified atom stereocenters. The second-order valence-electron chi connectivity index (χ2n) is 5.36. The van der Waals surface area contributed by atoms with Crippen LogP contribution in [0.5, 0.6) is 0 Å². The van der Waals surface area contributed by atoms with Crippen molar-refractivity contribution < 1.29 is 9.72 Å². The van der Waals surface area contributed by atoms with Crippen molar-refractivity contribution in [1.82, 2.24) is 10.6 Å². The zero-order valence-electron chi connectivity index (χ0n) is 13.8. The van der Waals surface area contributed by atoms with Gasteiger partial charge in [0.2, 0.25) is 3.79 Å². The van der Waals surface area contributed by atoms with E-state index in [2.05, 4.69) is 38.5 Å². The molecule has 0 saturated heterocycles. The third-order valence-corrected chi connectivity index (χ3v) is 4.85. The van der Waals surface area contributed by atoms with E-state index < -0.39 is 20.8 Å². The third kappa shape index (κ3) is 6.89. The summed E-state index contributed by atoms with van der Waals surface area (Å²) in [4.78, 5) is 22.6. The molecule has 0 aliphatic heterocycles. The highest BCUT2D eigenvalue weighted by Crippen LogP contribution is 2.29. The summed E-state index contributed by atoms with van der Waals surface area (Å²) in [7, 11) is 0. The quantitative estimate of drug-likeness (QED) is 0.121. The maximum atomic E-state index is 12.4. The number of nitrogens with zero attached hydrogens (tertiary/aromatic N) is 1. The van der Waals surface area contributed by atoms with Crippen molar-refractivity contribution in [1.29, 1.82) is 0 Å². The maximum absolute atomic E-state index is 12.4. The van der Waals surface area contributed by atoms with Crippen LogP contribution >= 0.6 is 69.6 Å². The number of thiocarbonyl (C=S) groups is 1. The Morgan fingerprint density at radius 2 is 1.79 bits per heavy atom. The number of carbonyl (C=O) groups is 1. The van der Waals surface area contributed by atoms with Crippen molar-refractivity contribution >= 4 is 92.0 Å². The Balaban J connectivity index is 2.06. The third-order valence-electron chi connectivity index (χ3n) is 3.30. The first-order valence-corrected chi connectivity index (χ1v) is 10.1. The van der Waals surface area contributed by atoms with Crippen LogP contribution < -0.4 is 16.0 Å². The van der Waals surface area contributed by atoms with Gasteiger partial charge < -0.3 is 16.0 Å². The van der Waals surface area contributed by atoms with Gasteiger partial charge in [0, 0.05) is 27.0 Å². The first-order valence-electron chi connectivity index (χ1n) is 7.51. The average Bonchev–Trinajstić information content (AvgIpc) is 2.60. The number of carbonyl (C=O) groups excluding carboxylic acids is 1. The zero-order chi connectivity index (χ0) is 20.9. The van der Waals surface area contributed by atoms with E-state index in [9.17, 15) is 14.9 Å². The number of anilines is 1. The first-order chi connectivity index (χ1) is 13.1. The molecule has 1 amide bonds. The molecular weight excluding hydrogens is 562 g/mol. The van der Waals surface area contributed by atoms with Crippen LogP contribution in [0.1, 0.15) is 10.4 Å². The molecule has 0 aliphatic rings. The van der Waals surface area contributed by atoms with Gasteiger partial charge in [-0.3, -0.25) is 14.9 Å². The van der Waals surface area contributed by atoms with Gasteiger partial charge in [0.05, 0.1) is 4.92 Å². The van der Waals surface area contributed by atoms with Crippen molar-refractivity contribution in [2.75, 3.05) is 5.32 Å². The van der Waals surface area contributed by atoms with Gasteiger partial charge >= 0.3 is 0 Å². The lowest BCUT2D eigenvalue weighted by Crippen LogP contribution is -2.56. The molecule has 0 aromatic heterocycles. The molecule has 7 nitrogen and oxygen atoms in total. The number of hydrogen-bond donors (Lipinski definition) is 3. The molecule has 2 aromatic rings. The normalized spacial score (nSPS) is 12.0. The lowest BCUT2D eigenvalue weighted by Gasteiger charge is -2.27. The highest BCUT2D eigenvalue weighted by molar-refractivity contribution is 14.1. The number of nitro groups is 1. The fourth-order valence-corrected chi connectivity index (χ4v) is 3.11. The molecule has 3 N–H and O–H groups in total. The number of non-ortho nitro benzene ring substituents is 1. The van der Waals surface area contributed by atoms with Gasteiger partial charge in [-0.05, 0) is 65.1 Å². The van der Waals surface area contributed by atoms with E-state index in [0.717, 1.165) is 3.57 Å². The number of rotatable bonds is 5. The number of amides is 1. The van der Waals surface area contributed by atoms with Crippen LogP contribution in [0.3, 0.4) is 0 Å². The van der Waals surface area contributed by atoms with E-state index in [1.165, 1.54) is 24.3 Å². The van der Waals surface area contributed by atoms with Gasteiger partial charge in [-0.2, -0.15) is 0 Å². The molecule has 0 bridgehead atoms. The van der Waals surface area contributed by atoms with Crippen LogP contribution in [0.4, 0.5) is 11.4 Å². The summed E-state index contributed by atoms with van der Waals surface area (Å²) in [6.07, 6.45) is -1.14. The first kappa shape index (κ1) is 22.9. The Morgan fingerprint density at radius 3 is 2.32 bits per heavy atom. The van der Waals surface area contributed by atoms with Crippen molar-refractivity contribution in [3.8, 4) is 0 Å². The van der Waals surface area contributed by atoms with Gasteiger partial charge in [0.25, 0.3) is 11.6 Å². The largest absolute Gasteiger partial charge is 0.339 e. The smallest absolute Gasteiger partial charge is 0.269 e. The highest BCUT2D eigenvalue weighted by Gasteiger charge is 2.35. The van der Waals surface area contributed by atoms with Crippen molar-refractivity contribution in [2.45, 2.75) is 9.96 Å². The molecule has 0 heterocycles. The van der Waals surface area contributed by atoms with Gasteiger partial charge in [0.15, 0.2) is 5.11 Å². The molecule has 0 spiro atoms. The predicted molar refractivity (Wildman–Crippen MR) is 123 cm³/mol. The van der Waals surface area contributed by atoms with Crippen molar-refractivity contribution in [3.63, 3.8) is 0 Å². The molecule has 28 heavy (non-hydrogen) atoms. The molecule has 12 heteroatoms. The van der Waals surface area contributed by atoms with E-state index in [-0.39, 0.29) is 10.8 Å². The topological polar surface area (TPSA) is 96.3 Å². The minimum absolute atomic E-state index is 0.0492. The molecule has 0 aliphatic carbocycles. The maximum Gasteiger partial charge on any atom is 0.269 e. The SMILES string of the molecule is O=C(NC(NC(=S)Nc1ccc([N+](=O)[O-])cc1)C(Cl)(Cl)Cl)c1cccc(I)c1. The second kappa shape index (κ2) is 9.88. The van der Waals surface area contributed by atoms with Crippen LogP contribution in [0.2, 0.25) is 0 Å². The van der Waals surface area contributed by atoms with E-state index >= 15 is 0 Å². The van der Waals surface area contributed by atoms with E-state index in [4.69, 9.17) is 47.0 Å². The van der Waals surface area contributed by atoms with E-state index in [0.29, 0.717) is 11.3 Å². The fourth-order valence-electron chi connectivity index (χ4n) is 2.01. The molecular formula is C16H12Cl3IN4O3S. The fraction of sp³-hybridized carbons (Fsp3) is 0.125. The molecule has 0 fully saturated rings. The minimum atomic E-state index is -1.90. The summed E-state index contributed by atoms with van der Waals surface area (Å²) in [5.41, 5.74) is 0.811. The van der Waals surface area contributed by atoms with Crippen LogP contribution in [-0.4, -0.2) is 25.9 Å². The summed E-state index contributed by atoms with van der Waals surface area (Å²) in [5.74, 6) is -0.458. The number of halogens is 4. The Kier molecular flexibility index (Phi) is 8.07. The van der Waals surface area contributed by atoms with Crippen LogP contribution in [-0.2, 0) is 0 Å². The van der Waals surface area contributed by atoms with Gasteiger partial charge in [0.1, 0.15) is 6.17 Å². The summed E-state index contributed by atoms with van der Waals surface area (Å²) in [6, 6.07) is 12.5. The number of benzene rings is 2. The Hall–Kier alpha value is -1.40. The van der Waals surface area contributed by atoms with Crippen LogP contribution in [0.25, 0.3) is 0 Å². The number of nitro benzene ring substituents is 1. The van der Waals surface area contributed by atoms with Gasteiger partial charge in [-0.1, -0.05) is 40.9 Å². The monoisotopic (exact) mass is 572 g/mol. The summed E-state index contributed by atoms with van der Waals surface area (Å²) >= 11 is 25.1. The minimum Gasteiger partial charge on any atom is -0.339 e. The second-order valence-corrected chi connectivity index (χ2v) is 9.38. The van der Waals surface area contributed by atoms with Crippen LogP contribution in [0.15, 0.2) is 48.5 Å². The number of nitrogens with one attached hydrogen (secondary N) is 3. The predicted octanol–water partition coefficient (Wildman–Crippen LogP) is 4.61. The highest BCUT2D eigenvalue weighted by atomic mass is 127. The standard InChI is InChI=1S/C16H12Cl3IN4O3S/c17-16(18,19)14(22-13(25)9-2-1-3-10(20)8-9)23-15(28)21-11-4-6-12(7-5-11)24(26)27/h1-8,14H,(H,22,25)(H2,21,23,28). The summed E-state index contributed by atoms with van der Waals surface area (Å²) in [5, 5.41) is 18.8.